The summed E-state index contributed by atoms with van der Waals surface area (Å²) in [5.41, 5.74) is 6.16. The van der Waals surface area contributed by atoms with Crippen molar-refractivity contribution in [3.63, 3.8) is 0 Å². The van der Waals surface area contributed by atoms with Crippen molar-refractivity contribution in [2.45, 2.75) is 25.6 Å². The molecule has 6 heteroatoms. The van der Waals surface area contributed by atoms with Crippen LogP contribution in [0.3, 0.4) is 0 Å². The fourth-order valence-corrected chi connectivity index (χ4v) is 2.03. The lowest BCUT2D eigenvalue weighted by Crippen LogP contribution is -2.45. The Balaban J connectivity index is 2.26. The fraction of sp³-hybridized carbons (Fsp3) is 0.500. The lowest BCUT2D eigenvalue weighted by molar-refractivity contribution is -0.137. The Labute approximate surface area is 104 Å². The van der Waals surface area contributed by atoms with Crippen molar-refractivity contribution in [1.29, 1.82) is 0 Å². The van der Waals surface area contributed by atoms with Crippen molar-refractivity contribution < 1.29 is 13.2 Å². The molecule has 0 bridgehead atoms. The molecule has 0 aromatic heterocycles. The van der Waals surface area contributed by atoms with Gasteiger partial charge in [-0.25, -0.2) is 0 Å². The van der Waals surface area contributed by atoms with Gasteiger partial charge in [-0.3, -0.25) is 0 Å². The van der Waals surface area contributed by atoms with Gasteiger partial charge in [-0.1, -0.05) is 0 Å². The number of rotatable bonds is 2. The van der Waals surface area contributed by atoms with E-state index in [2.05, 4.69) is 5.32 Å². The van der Waals surface area contributed by atoms with E-state index in [4.69, 9.17) is 5.73 Å². The van der Waals surface area contributed by atoms with Crippen LogP contribution in [0.1, 0.15) is 19.4 Å². The molecule has 100 valence electrons. The molecule has 1 aliphatic heterocycles. The first-order chi connectivity index (χ1) is 8.17. The number of benzene rings is 1. The number of fused-ring (bicyclic) bond motifs is 1. The van der Waals surface area contributed by atoms with E-state index < -0.39 is 17.3 Å². The number of nitrogens with two attached hydrogens (primary N) is 1. The minimum absolute atomic E-state index is 0.397. The third-order valence-corrected chi connectivity index (χ3v) is 2.72. The van der Waals surface area contributed by atoms with E-state index in [1.165, 1.54) is 6.07 Å². The first-order valence-corrected chi connectivity index (χ1v) is 5.66. The molecule has 0 unspecified atom stereocenters. The van der Waals surface area contributed by atoms with Gasteiger partial charge in [-0.05, 0) is 32.0 Å². The molecule has 0 saturated heterocycles. The van der Waals surface area contributed by atoms with Crippen molar-refractivity contribution in [2.75, 3.05) is 23.4 Å². The molecule has 1 aliphatic rings. The second kappa shape index (κ2) is 4.05. The molecule has 18 heavy (non-hydrogen) atoms. The highest BCUT2D eigenvalue weighted by atomic mass is 19.4. The summed E-state index contributed by atoms with van der Waals surface area (Å²) in [5, 5.41) is 2.96. The minimum atomic E-state index is -4.31. The molecule has 0 spiro atoms. The number of nitrogens with one attached hydrogen (secondary N) is 1. The van der Waals surface area contributed by atoms with Gasteiger partial charge in [0.25, 0.3) is 0 Å². The maximum absolute atomic E-state index is 12.6. The van der Waals surface area contributed by atoms with Crippen LogP contribution in [0.15, 0.2) is 18.2 Å². The first-order valence-electron chi connectivity index (χ1n) is 5.66. The predicted molar refractivity (Wildman–Crippen MR) is 65.5 cm³/mol. The summed E-state index contributed by atoms with van der Waals surface area (Å²) in [6.45, 7) is 4.83. The topological polar surface area (TPSA) is 41.3 Å². The van der Waals surface area contributed by atoms with Crippen LogP contribution < -0.4 is 16.0 Å². The normalized spacial score (nSPS) is 15.6. The van der Waals surface area contributed by atoms with Gasteiger partial charge >= 0.3 is 6.18 Å². The van der Waals surface area contributed by atoms with Gasteiger partial charge in [-0.2, -0.15) is 13.2 Å². The van der Waals surface area contributed by atoms with Crippen LogP contribution >= 0.6 is 0 Å². The summed E-state index contributed by atoms with van der Waals surface area (Å²) < 4.78 is 37.7. The highest BCUT2D eigenvalue weighted by Crippen LogP contribution is 2.38. The van der Waals surface area contributed by atoms with Gasteiger partial charge in [0.2, 0.25) is 0 Å². The molecule has 0 aliphatic carbocycles. The second-order valence-corrected chi connectivity index (χ2v) is 5.25. The van der Waals surface area contributed by atoms with Gasteiger partial charge in [-0.15, -0.1) is 0 Å². The monoisotopic (exact) mass is 259 g/mol. The zero-order chi connectivity index (χ0) is 13.6. The van der Waals surface area contributed by atoms with Crippen LogP contribution in [0.25, 0.3) is 0 Å². The Hall–Kier alpha value is -1.43. The Kier molecular flexibility index (Phi) is 2.93. The van der Waals surface area contributed by atoms with E-state index in [1.54, 1.807) is 0 Å². The Bertz CT molecular complexity index is 449. The number of hydrogen-bond acceptors (Lipinski definition) is 3. The van der Waals surface area contributed by atoms with Crippen LogP contribution in [0, 0.1) is 0 Å². The molecular formula is C12H16F3N3. The fourth-order valence-electron chi connectivity index (χ4n) is 2.03. The zero-order valence-corrected chi connectivity index (χ0v) is 10.3. The third kappa shape index (κ3) is 2.69. The maximum Gasteiger partial charge on any atom is 0.416 e. The number of nitrogens with zero attached hydrogens (tertiary/aromatic N) is 1. The molecule has 2 rings (SSSR count). The summed E-state index contributed by atoms with van der Waals surface area (Å²) in [6.07, 6.45) is -4.31. The van der Waals surface area contributed by atoms with Gasteiger partial charge < -0.3 is 16.0 Å². The average Bonchev–Trinajstić information content (AvgIpc) is 2.57. The number of halogens is 3. The smallest absolute Gasteiger partial charge is 0.366 e. The summed E-state index contributed by atoms with van der Waals surface area (Å²) in [7, 11) is 0. The third-order valence-electron chi connectivity index (χ3n) is 2.72. The van der Waals surface area contributed by atoms with Crippen molar-refractivity contribution in [3.8, 4) is 0 Å². The molecule has 0 radical (unpaired) electrons. The lowest BCUT2D eigenvalue weighted by Gasteiger charge is -2.27. The molecule has 0 atom stereocenters. The van der Waals surface area contributed by atoms with Crippen LogP contribution in [0.4, 0.5) is 24.5 Å². The summed E-state index contributed by atoms with van der Waals surface area (Å²) >= 11 is 0. The Morgan fingerprint density at radius 1 is 1.33 bits per heavy atom. The molecular weight excluding hydrogens is 243 g/mol. The average molecular weight is 259 g/mol. The standard InChI is InChI=1S/C12H16F3N3/c1-11(2,16)6-18-7-17-9-5-8(12(13,14)15)3-4-10(9)18/h3-5,17H,6-7,16H2,1-2H3. The van der Waals surface area contributed by atoms with E-state index in [0.717, 1.165) is 17.8 Å². The SMILES string of the molecule is CC(C)(N)CN1CNc2cc(C(F)(F)F)ccc21. The van der Waals surface area contributed by atoms with Crippen LogP contribution in [-0.2, 0) is 6.18 Å². The van der Waals surface area contributed by atoms with Crippen molar-refractivity contribution in [2.24, 2.45) is 5.73 Å². The largest absolute Gasteiger partial charge is 0.416 e. The minimum Gasteiger partial charge on any atom is -0.366 e. The van der Waals surface area contributed by atoms with E-state index in [9.17, 15) is 13.2 Å². The first kappa shape index (κ1) is 13.0. The lowest BCUT2D eigenvalue weighted by atomic mass is 10.1. The molecule has 0 fully saturated rings. The van der Waals surface area contributed by atoms with E-state index in [-0.39, 0.29) is 0 Å². The number of hydrogen-bond donors (Lipinski definition) is 2. The number of anilines is 2. The maximum atomic E-state index is 12.6. The highest BCUT2D eigenvalue weighted by molar-refractivity contribution is 5.75. The summed E-state index contributed by atoms with van der Waals surface area (Å²) in [6, 6.07) is 3.73. The van der Waals surface area contributed by atoms with E-state index >= 15 is 0 Å². The zero-order valence-electron chi connectivity index (χ0n) is 10.3. The number of alkyl halides is 3. The summed E-state index contributed by atoms with van der Waals surface area (Å²) in [5.74, 6) is 0. The quantitative estimate of drug-likeness (QED) is 0.858. The molecule has 1 heterocycles. The molecule has 3 N–H and O–H groups in total. The molecule has 0 saturated carbocycles. The van der Waals surface area contributed by atoms with Gasteiger partial charge in [0.15, 0.2) is 0 Å². The van der Waals surface area contributed by atoms with E-state index in [0.29, 0.717) is 18.9 Å². The second-order valence-electron chi connectivity index (χ2n) is 5.25. The van der Waals surface area contributed by atoms with Gasteiger partial charge in [0.1, 0.15) is 0 Å². The molecule has 3 nitrogen and oxygen atoms in total. The van der Waals surface area contributed by atoms with Crippen molar-refractivity contribution in [1.82, 2.24) is 0 Å². The Morgan fingerprint density at radius 3 is 2.56 bits per heavy atom. The highest BCUT2D eigenvalue weighted by Gasteiger charge is 2.32. The van der Waals surface area contributed by atoms with Crippen molar-refractivity contribution >= 4 is 11.4 Å². The Morgan fingerprint density at radius 2 is 2.00 bits per heavy atom. The van der Waals surface area contributed by atoms with Crippen LogP contribution in [0.2, 0.25) is 0 Å². The van der Waals surface area contributed by atoms with Crippen molar-refractivity contribution in [3.05, 3.63) is 23.8 Å². The van der Waals surface area contributed by atoms with Gasteiger partial charge in [0.05, 0.1) is 23.6 Å². The summed E-state index contributed by atoms with van der Waals surface area (Å²) in [4.78, 5) is 1.94. The molecule has 0 amide bonds. The van der Waals surface area contributed by atoms with E-state index in [1.807, 2.05) is 18.7 Å². The van der Waals surface area contributed by atoms with Crippen LogP contribution in [0.5, 0.6) is 0 Å². The molecule has 1 aromatic rings. The predicted octanol–water partition coefficient (Wildman–Crippen LogP) is 2.63. The van der Waals surface area contributed by atoms with Gasteiger partial charge in [0, 0.05) is 12.1 Å². The molecule has 1 aromatic carbocycles. The van der Waals surface area contributed by atoms with Crippen LogP contribution in [-0.4, -0.2) is 18.8 Å².